The maximum atomic E-state index is 10.9. The highest BCUT2D eigenvalue weighted by Gasteiger charge is 2.48. The standard InChI is InChI=1S/C44H72N2O2/c1-7-13-15-17-19-21-23-37-25-27-41(47)39(33-37)35-45-43(29-9-3,30-10-4)44(31-11-5,32-12-6)46-36-40-34-38(26-28-42(40)48)24-22-20-18-16-14-8-2/h25-28,33-36,47-48H,7-24,29-32H2,1-6H3. The van der Waals surface area contributed by atoms with Crippen LogP contribution in [0.2, 0.25) is 0 Å². The van der Waals surface area contributed by atoms with Crippen LogP contribution in [0.3, 0.4) is 0 Å². The van der Waals surface area contributed by atoms with Crippen LogP contribution in [0.25, 0.3) is 0 Å². The van der Waals surface area contributed by atoms with Crippen LogP contribution in [0.5, 0.6) is 11.5 Å². The molecule has 0 atom stereocenters. The zero-order valence-electron chi connectivity index (χ0n) is 32.0. The molecule has 4 nitrogen and oxygen atoms in total. The van der Waals surface area contributed by atoms with Gasteiger partial charge < -0.3 is 10.2 Å². The van der Waals surface area contributed by atoms with Gasteiger partial charge in [-0.3, -0.25) is 9.98 Å². The Kier molecular flexibility index (Phi) is 20.5. The number of nitrogens with zero attached hydrogens (tertiary/aromatic N) is 2. The molecule has 0 unspecified atom stereocenters. The molecule has 0 saturated carbocycles. The first-order valence-electron chi connectivity index (χ1n) is 20.1. The number of aliphatic imine (C=N–C) groups is 2. The average molecular weight is 661 g/mol. The van der Waals surface area contributed by atoms with E-state index in [2.05, 4.69) is 65.8 Å². The van der Waals surface area contributed by atoms with Crippen LogP contribution in [0.15, 0.2) is 46.4 Å². The maximum Gasteiger partial charge on any atom is 0.124 e. The first-order valence-corrected chi connectivity index (χ1v) is 20.1. The summed E-state index contributed by atoms with van der Waals surface area (Å²) in [6.07, 6.45) is 29.0. The molecule has 2 rings (SSSR count). The van der Waals surface area contributed by atoms with Gasteiger partial charge in [-0.25, -0.2) is 0 Å². The summed E-state index contributed by atoms with van der Waals surface area (Å²) in [4.78, 5) is 11.0. The molecular weight excluding hydrogens is 588 g/mol. The highest BCUT2D eigenvalue weighted by molar-refractivity contribution is 5.85. The summed E-state index contributed by atoms with van der Waals surface area (Å²) >= 11 is 0. The van der Waals surface area contributed by atoms with E-state index in [1.54, 1.807) is 0 Å². The highest BCUT2D eigenvalue weighted by Crippen LogP contribution is 2.45. The van der Waals surface area contributed by atoms with Gasteiger partial charge in [-0.1, -0.05) is 144 Å². The number of hydrogen-bond acceptors (Lipinski definition) is 4. The third-order valence-electron chi connectivity index (χ3n) is 10.2. The van der Waals surface area contributed by atoms with E-state index in [1.807, 2.05) is 24.6 Å². The number of aromatic hydroxyl groups is 2. The van der Waals surface area contributed by atoms with E-state index in [1.165, 1.54) is 88.2 Å². The molecule has 0 bridgehead atoms. The SMILES string of the molecule is CCCCCCCCc1ccc(O)c(C=NC(CCC)(CCC)C(CCC)(CCC)N=Cc2cc(CCCCCCCC)ccc2O)c1. The molecule has 0 fully saturated rings. The molecule has 4 heteroatoms. The van der Waals surface area contributed by atoms with Crippen LogP contribution >= 0.6 is 0 Å². The lowest BCUT2D eigenvalue weighted by Gasteiger charge is -2.46. The van der Waals surface area contributed by atoms with E-state index in [4.69, 9.17) is 9.98 Å². The molecule has 0 aliphatic carbocycles. The number of phenolic OH excluding ortho intramolecular Hbond substituents is 2. The summed E-state index contributed by atoms with van der Waals surface area (Å²) in [7, 11) is 0. The second-order valence-electron chi connectivity index (χ2n) is 14.4. The summed E-state index contributed by atoms with van der Waals surface area (Å²) in [6, 6.07) is 12.1. The van der Waals surface area contributed by atoms with E-state index < -0.39 is 11.1 Å². The molecule has 0 radical (unpaired) electrons. The maximum absolute atomic E-state index is 10.9. The van der Waals surface area contributed by atoms with Crippen molar-refractivity contribution < 1.29 is 10.2 Å². The molecule has 48 heavy (non-hydrogen) atoms. The van der Waals surface area contributed by atoms with Gasteiger partial charge in [0.2, 0.25) is 0 Å². The van der Waals surface area contributed by atoms with Crippen LogP contribution in [-0.4, -0.2) is 33.7 Å². The minimum Gasteiger partial charge on any atom is -0.507 e. The van der Waals surface area contributed by atoms with Gasteiger partial charge in [-0.15, -0.1) is 0 Å². The molecule has 0 aromatic heterocycles. The van der Waals surface area contributed by atoms with E-state index in [9.17, 15) is 10.2 Å². The monoisotopic (exact) mass is 661 g/mol. The molecular formula is C44H72N2O2. The lowest BCUT2D eigenvalue weighted by molar-refractivity contribution is 0.166. The Bertz CT molecular complexity index is 1090. The fraction of sp³-hybridized carbons (Fsp3) is 0.682. The van der Waals surface area contributed by atoms with Crippen molar-refractivity contribution in [2.45, 2.75) is 194 Å². The summed E-state index contributed by atoms with van der Waals surface area (Å²) in [6.45, 7) is 13.5. The van der Waals surface area contributed by atoms with Crippen molar-refractivity contribution in [3.8, 4) is 11.5 Å². The minimum atomic E-state index is -0.410. The lowest BCUT2D eigenvalue weighted by Crippen LogP contribution is -2.52. The Morgan fingerprint density at radius 2 is 0.792 bits per heavy atom. The van der Waals surface area contributed by atoms with E-state index in [-0.39, 0.29) is 0 Å². The third kappa shape index (κ3) is 13.4. The number of benzene rings is 2. The number of aryl methyl sites for hydroxylation is 2. The fourth-order valence-electron chi connectivity index (χ4n) is 7.66. The minimum absolute atomic E-state index is 0.291. The molecule has 0 aliphatic rings. The van der Waals surface area contributed by atoms with Gasteiger partial charge in [0.05, 0.1) is 11.1 Å². The van der Waals surface area contributed by atoms with Gasteiger partial charge >= 0.3 is 0 Å². The summed E-state index contributed by atoms with van der Waals surface area (Å²) in [5, 5.41) is 21.9. The highest BCUT2D eigenvalue weighted by atomic mass is 16.3. The molecule has 0 spiro atoms. The first kappa shape index (κ1) is 41.6. The summed E-state index contributed by atoms with van der Waals surface area (Å²) < 4.78 is 0. The van der Waals surface area contributed by atoms with Gasteiger partial charge in [0.25, 0.3) is 0 Å². The predicted molar refractivity (Wildman–Crippen MR) is 211 cm³/mol. The van der Waals surface area contributed by atoms with Crippen molar-refractivity contribution in [2.75, 3.05) is 0 Å². The summed E-state index contributed by atoms with van der Waals surface area (Å²) in [5.41, 5.74) is 3.33. The number of rotatable bonds is 27. The number of hydrogen-bond donors (Lipinski definition) is 2. The Morgan fingerprint density at radius 3 is 1.12 bits per heavy atom. The summed E-state index contributed by atoms with van der Waals surface area (Å²) in [5.74, 6) is 0.582. The molecule has 270 valence electrons. The first-order chi connectivity index (χ1) is 23.3. The van der Waals surface area contributed by atoms with Crippen molar-refractivity contribution in [1.82, 2.24) is 0 Å². The molecule has 0 heterocycles. The largest absolute Gasteiger partial charge is 0.507 e. The number of phenols is 2. The van der Waals surface area contributed by atoms with Gasteiger partial charge in [0.1, 0.15) is 11.5 Å². The zero-order valence-corrected chi connectivity index (χ0v) is 32.0. The lowest BCUT2D eigenvalue weighted by atomic mass is 9.67. The topological polar surface area (TPSA) is 65.2 Å². The van der Waals surface area contributed by atoms with Crippen molar-refractivity contribution in [2.24, 2.45) is 9.98 Å². The second kappa shape index (κ2) is 23.7. The zero-order chi connectivity index (χ0) is 35.1. The molecule has 0 saturated heterocycles. The average Bonchev–Trinajstić information content (AvgIpc) is 3.08. The Hall–Kier alpha value is -2.62. The molecule has 2 aromatic rings. The third-order valence-corrected chi connectivity index (χ3v) is 10.2. The van der Waals surface area contributed by atoms with Crippen molar-refractivity contribution >= 4 is 12.4 Å². The van der Waals surface area contributed by atoms with Crippen molar-refractivity contribution in [3.63, 3.8) is 0 Å². The fourth-order valence-corrected chi connectivity index (χ4v) is 7.66. The molecule has 0 aliphatic heterocycles. The van der Waals surface area contributed by atoms with Crippen molar-refractivity contribution in [3.05, 3.63) is 58.7 Å². The molecule has 0 amide bonds. The van der Waals surface area contributed by atoms with Gasteiger partial charge in [-0.05, 0) is 86.8 Å². The molecule has 2 aromatic carbocycles. The smallest absolute Gasteiger partial charge is 0.124 e. The van der Waals surface area contributed by atoms with Crippen LogP contribution < -0.4 is 0 Å². The van der Waals surface area contributed by atoms with E-state index >= 15 is 0 Å². The molecule has 2 N–H and O–H groups in total. The van der Waals surface area contributed by atoms with Gasteiger partial charge in [0, 0.05) is 23.6 Å². The Balaban J connectivity index is 2.45. The predicted octanol–water partition coefficient (Wildman–Crippen LogP) is 13.1. The van der Waals surface area contributed by atoms with Crippen LogP contribution in [0.4, 0.5) is 0 Å². The van der Waals surface area contributed by atoms with Gasteiger partial charge in [0.15, 0.2) is 0 Å². The van der Waals surface area contributed by atoms with Crippen molar-refractivity contribution in [1.29, 1.82) is 0 Å². The normalized spacial score (nSPS) is 12.5. The second-order valence-corrected chi connectivity index (χ2v) is 14.4. The number of unbranched alkanes of at least 4 members (excludes halogenated alkanes) is 10. The van der Waals surface area contributed by atoms with Gasteiger partial charge in [-0.2, -0.15) is 0 Å². The van der Waals surface area contributed by atoms with Crippen LogP contribution in [0, 0.1) is 0 Å². The van der Waals surface area contributed by atoms with E-state index in [0.29, 0.717) is 11.5 Å². The van der Waals surface area contributed by atoms with Crippen LogP contribution in [0.1, 0.15) is 192 Å². The van der Waals surface area contributed by atoms with E-state index in [0.717, 1.165) is 75.3 Å². The van der Waals surface area contributed by atoms with Crippen LogP contribution in [-0.2, 0) is 12.8 Å². The Labute approximate surface area is 296 Å². The Morgan fingerprint density at radius 1 is 0.458 bits per heavy atom. The quantitative estimate of drug-likeness (QED) is 0.0740.